The second-order valence-electron chi connectivity index (χ2n) is 6.58. The van der Waals surface area contributed by atoms with Gasteiger partial charge in [0.25, 0.3) is 11.5 Å². The van der Waals surface area contributed by atoms with Gasteiger partial charge in [0.15, 0.2) is 0 Å². The highest BCUT2D eigenvalue weighted by molar-refractivity contribution is 6.05. The normalized spacial score (nSPS) is 10.8. The molecule has 1 amide bonds. The number of aromatic nitrogens is 1. The summed E-state index contributed by atoms with van der Waals surface area (Å²) in [5.41, 5.74) is 0.230. The molecule has 1 heterocycles. The van der Waals surface area contributed by atoms with Crippen LogP contribution in [0.5, 0.6) is 5.75 Å². The molecule has 6 heteroatoms. The Morgan fingerprint density at radius 2 is 2.04 bits per heavy atom. The minimum absolute atomic E-state index is 0.00911. The lowest BCUT2D eigenvalue weighted by atomic mass is 10.1. The van der Waals surface area contributed by atoms with E-state index < -0.39 is 11.7 Å². The summed E-state index contributed by atoms with van der Waals surface area (Å²) in [6, 6.07) is 5.93. The van der Waals surface area contributed by atoms with Crippen LogP contribution in [0.4, 0.5) is 10.1 Å². The Kier molecular flexibility index (Phi) is 6.55. The lowest BCUT2D eigenvalue weighted by molar-refractivity contribution is 0.102. The summed E-state index contributed by atoms with van der Waals surface area (Å²) in [4.78, 5) is 25.2. The van der Waals surface area contributed by atoms with E-state index in [0.29, 0.717) is 30.4 Å². The Bertz CT molecular complexity index is 843. The second kappa shape index (κ2) is 8.65. The predicted octanol–water partition coefficient (Wildman–Crippen LogP) is 3.99. The molecule has 1 aromatic heterocycles. The fourth-order valence-electron chi connectivity index (χ4n) is 2.55. The first-order valence-corrected chi connectivity index (χ1v) is 8.77. The Morgan fingerprint density at radius 1 is 1.31 bits per heavy atom. The molecule has 2 aromatic rings. The van der Waals surface area contributed by atoms with Gasteiger partial charge in [0.2, 0.25) is 0 Å². The van der Waals surface area contributed by atoms with E-state index in [2.05, 4.69) is 19.2 Å². The number of nitrogens with zero attached hydrogens (tertiary/aromatic N) is 1. The van der Waals surface area contributed by atoms with Gasteiger partial charge in [0.1, 0.15) is 17.1 Å². The van der Waals surface area contributed by atoms with Crippen LogP contribution in [0.1, 0.15) is 43.1 Å². The molecule has 1 aromatic carbocycles. The Labute approximate surface area is 152 Å². The summed E-state index contributed by atoms with van der Waals surface area (Å²) in [6.07, 6.45) is 2.52. The SMILES string of the molecule is CCOc1ccc(NC(=O)c2c(C)ccn(CCC(C)C)c2=O)c(F)c1. The van der Waals surface area contributed by atoms with Gasteiger partial charge in [0.05, 0.1) is 12.3 Å². The van der Waals surface area contributed by atoms with Crippen molar-refractivity contribution in [3.63, 3.8) is 0 Å². The first kappa shape index (κ1) is 19.7. The van der Waals surface area contributed by atoms with Crippen LogP contribution in [0.25, 0.3) is 0 Å². The van der Waals surface area contributed by atoms with Gasteiger partial charge in [-0.25, -0.2) is 4.39 Å². The van der Waals surface area contributed by atoms with Gasteiger partial charge in [-0.3, -0.25) is 9.59 Å². The summed E-state index contributed by atoms with van der Waals surface area (Å²) in [6.45, 7) is 8.59. The number of hydrogen-bond donors (Lipinski definition) is 1. The maximum atomic E-state index is 14.2. The van der Waals surface area contributed by atoms with Crippen LogP contribution in [0.3, 0.4) is 0 Å². The van der Waals surface area contributed by atoms with Gasteiger partial charge in [0, 0.05) is 18.8 Å². The molecule has 0 aliphatic heterocycles. The number of amides is 1. The van der Waals surface area contributed by atoms with Crippen LogP contribution >= 0.6 is 0 Å². The van der Waals surface area contributed by atoms with Crippen molar-refractivity contribution in [1.82, 2.24) is 4.57 Å². The summed E-state index contributed by atoms with van der Waals surface area (Å²) in [5, 5.41) is 2.49. The highest BCUT2D eigenvalue weighted by Crippen LogP contribution is 2.21. The third-order valence-electron chi connectivity index (χ3n) is 4.05. The fourth-order valence-corrected chi connectivity index (χ4v) is 2.55. The molecule has 0 unspecified atom stereocenters. The average Bonchev–Trinajstić information content (AvgIpc) is 2.57. The van der Waals surface area contributed by atoms with Crippen LogP contribution in [-0.2, 0) is 6.54 Å². The first-order chi connectivity index (χ1) is 12.3. The molecule has 0 fully saturated rings. The molecule has 0 bridgehead atoms. The van der Waals surface area contributed by atoms with Crippen LogP contribution in [0.15, 0.2) is 35.3 Å². The number of nitrogens with one attached hydrogen (secondary N) is 1. The zero-order valence-electron chi connectivity index (χ0n) is 15.6. The topological polar surface area (TPSA) is 60.3 Å². The van der Waals surface area contributed by atoms with Crippen molar-refractivity contribution < 1.29 is 13.9 Å². The zero-order chi connectivity index (χ0) is 19.3. The smallest absolute Gasteiger partial charge is 0.263 e. The maximum absolute atomic E-state index is 14.2. The van der Waals surface area contributed by atoms with Crippen molar-refractivity contribution in [2.75, 3.05) is 11.9 Å². The quantitative estimate of drug-likeness (QED) is 0.812. The van der Waals surface area contributed by atoms with Gasteiger partial charge in [-0.05, 0) is 49.9 Å². The van der Waals surface area contributed by atoms with Gasteiger partial charge in [-0.15, -0.1) is 0 Å². The van der Waals surface area contributed by atoms with Crippen LogP contribution < -0.4 is 15.6 Å². The van der Waals surface area contributed by atoms with Gasteiger partial charge >= 0.3 is 0 Å². The Balaban J connectivity index is 2.27. The minimum Gasteiger partial charge on any atom is -0.494 e. The largest absolute Gasteiger partial charge is 0.494 e. The predicted molar refractivity (Wildman–Crippen MR) is 100 cm³/mol. The number of hydrogen-bond acceptors (Lipinski definition) is 3. The van der Waals surface area contributed by atoms with Crippen molar-refractivity contribution in [2.24, 2.45) is 5.92 Å². The zero-order valence-corrected chi connectivity index (χ0v) is 15.6. The molecular weight excluding hydrogens is 335 g/mol. The van der Waals surface area contributed by atoms with Crippen molar-refractivity contribution in [1.29, 1.82) is 0 Å². The lowest BCUT2D eigenvalue weighted by Gasteiger charge is -2.13. The molecule has 26 heavy (non-hydrogen) atoms. The molecule has 0 atom stereocenters. The number of anilines is 1. The highest BCUT2D eigenvalue weighted by Gasteiger charge is 2.17. The molecule has 140 valence electrons. The minimum atomic E-state index is -0.616. The molecule has 2 rings (SSSR count). The fraction of sp³-hybridized carbons (Fsp3) is 0.400. The molecule has 1 N–H and O–H groups in total. The first-order valence-electron chi connectivity index (χ1n) is 8.77. The summed E-state index contributed by atoms with van der Waals surface area (Å²) in [7, 11) is 0. The standard InChI is InChI=1S/C20H25FN2O3/c1-5-26-15-6-7-17(16(21)12-15)22-19(24)18-14(4)9-11-23(20(18)25)10-8-13(2)3/h6-7,9,11-13H,5,8,10H2,1-4H3,(H,22,24). The van der Waals surface area contributed by atoms with Gasteiger partial charge in [-0.1, -0.05) is 13.8 Å². The molecule has 0 radical (unpaired) electrons. The molecule has 0 saturated carbocycles. The van der Waals surface area contributed by atoms with Crippen molar-refractivity contribution in [2.45, 2.75) is 40.7 Å². The van der Waals surface area contributed by atoms with E-state index >= 15 is 0 Å². The monoisotopic (exact) mass is 360 g/mol. The second-order valence-corrected chi connectivity index (χ2v) is 6.58. The van der Waals surface area contributed by atoms with Gasteiger partial charge in [-0.2, -0.15) is 0 Å². The van der Waals surface area contributed by atoms with E-state index in [1.54, 1.807) is 32.2 Å². The third kappa shape index (κ3) is 4.71. The highest BCUT2D eigenvalue weighted by atomic mass is 19.1. The average molecular weight is 360 g/mol. The van der Waals surface area contributed by atoms with Crippen molar-refractivity contribution in [3.05, 3.63) is 57.8 Å². The van der Waals surface area contributed by atoms with Gasteiger partial charge < -0.3 is 14.6 Å². The number of aryl methyl sites for hydroxylation is 2. The summed E-state index contributed by atoms with van der Waals surface area (Å²) >= 11 is 0. The number of ether oxygens (including phenoxy) is 1. The van der Waals surface area contributed by atoms with Crippen molar-refractivity contribution >= 4 is 11.6 Å². The maximum Gasteiger partial charge on any atom is 0.263 e. The van der Waals surface area contributed by atoms with E-state index in [-0.39, 0.29) is 16.8 Å². The van der Waals surface area contributed by atoms with E-state index in [9.17, 15) is 14.0 Å². The number of halogens is 1. The molecule has 0 aliphatic carbocycles. The Morgan fingerprint density at radius 3 is 2.65 bits per heavy atom. The molecule has 0 spiro atoms. The summed E-state index contributed by atoms with van der Waals surface area (Å²) < 4.78 is 20.9. The number of carbonyl (C=O) groups is 1. The van der Waals surface area contributed by atoms with Crippen LogP contribution in [0.2, 0.25) is 0 Å². The lowest BCUT2D eigenvalue weighted by Crippen LogP contribution is -2.30. The van der Waals surface area contributed by atoms with E-state index in [1.165, 1.54) is 16.7 Å². The van der Waals surface area contributed by atoms with E-state index in [1.807, 2.05) is 0 Å². The number of rotatable bonds is 7. The number of pyridine rings is 1. The molecule has 5 nitrogen and oxygen atoms in total. The Hall–Kier alpha value is -2.63. The number of benzene rings is 1. The van der Waals surface area contributed by atoms with Crippen LogP contribution in [-0.4, -0.2) is 17.1 Å². The molecular formula is C20H25FN2O3. The van der Waals surface area contributed by atoms with Crippen molar-refractivity contribution in [3.8, 4) is 5.75 Å². The van der Waals surface area contributed by atoms with E-state index in [0.717, 1.165) is 6.42 Å². The summed E-state index contributed by atoms with van der Waals surface area (Å²) in [5.74, 6) is -0.402. The molecule has 0 saturated heterocycles. The number of carbonyl (C=O) groups excluding carboxylic acids is 1. The molecule has 0 aliphatic rings. The van der Waals surface area contributed by atoms with Crippen LogP contribution in [0, 0.1) is 18.7 Å². The third-order valence-corrected chi connectivity index (χ3v) is 4.05. The van der Waals surface area contributed by atoms with E-state index in [4.69, 9.17) is 4.74 Å².